The highest BCUT2D eigenvalue weighted by atomic mass is 127. The molecule has 4 heteroatoms. The molecule has 4 fully saturated rings. The van der Waals surface area contributed by atoms with Crippen molar-refractivity contribution in [2.24, 2.45) is 17.8 Å². The third-order valence-corrected chi connectivity index (χ3v) is 6.36. The fourth-order valence-corrected chi connectivity index (χ4v) is 5.71. The first-order valence-electron chi connectivity index (χ1n) is 7.56. The van der Waals surface area contributed by atoms with Gasteiger partial charge in [-0.05, 0) is 84.9 Å². The molecule has 0 atom stereocenters. The summed E-state index contributed by atoms with van der Waals surface area (Å²) in [5, 5.41) is 3.65. The van der Waals surface area contributed by atoms with Crippen LogP contribution in [0.3, 0.4) is 0 Å². The standard InChI is InChI=1S/C16H20FIN2/c17-12-4-15(14(19)5-13(12)18)20-16-6-9-1-10(7-16)3-11(2-9)8-16/h4-5,9-11,20H,1-3,6-8,19H2. The number of rotatable bonds is 2. The van der Waals surface area contributed by atoms with E-state index in [1.807, 2.05) is 22.6 Å². The molecule has 4 bridgehead atoms. The average Bonchev–Trinajstić information content (AvgIpc) is 2.34. The summed E-state index contributed by atoms with van der Waals surface area (Å²) in [6.07, 6.45) is 7.97. The lowest BCUT2D eigenvalue weighted by atomic mass is 9.53. The summed E-state index contributed by atoms with van der Waals surface area (Å²) in [4.78, 5) is 0. The normalized spacial score (nSPS) is 38.2. The Hall–Kier alpha value is -0.520. The number of anilines is 2. The van der Waals surface area contributed by atoms with Gasteiger partial charge in [0.05, 0.1) is 14.9 Å². The van der Waals surface area contributed by atoms with Crippen molar-refractivity contribution in [3.63, 3.8) is 0 Å². The van der Waals surface area contributed by atoms with Crippen LogP contribution in [0.4, 0.5) is 15.8 Å². The van der Waals surface area contributed by atoms with Gasteiger partial charge in [-0.1, -0.05) is 0 Å². The van der Waals surface area contributed by atoms with Crippen LogP contribution in [-0.2, 0) is 0 Å². The highest BCUT2D eigenvalue weighted by Gasteiger charge is 2.51. The topological polar surface area (TPSA) is 38.0 Å². The lowest BCUT2D eigenvalue weighted by Crippen LogP contribution is -2.54. The number of hydrogen-bond donors (Lipinski definition) is 2. The van der Waals surface area contributed by atoms with Crippen LogP contribution in [0.5, 0.6) is 0 Å². The zero-order chi connectivity index (χ0) is 13.9. The molecule has 0 radical (unpaired) electrons. The van der Waals surface area contributed by atoms with E-state index < -0.39 is 0 Å². The molecule has 108 valence electrons. The first kappa shape index (κ1) is 13.2. The molecule has 0 aromatic heterocycles. The molecule has 0 spiro atoms. The van der Waals surface area contributed by atoms with Crippen molar-refractivity contribution in [2.45, 2.75) is 44.1 Å². The first-order chi connectivity index (χ1) is 9.53. The summed E-state index contributed by atoms with van der Waals surface area (Å²) in [7, 11) is 0. The quantitative estimate of drug-likeness (QED) is 0.585. The van der Waals surface area contributed by atoms with E-state index in [1.165, 1.54) is 38.5 Å². The second kappa shape index (κ2) is 4.49. The zero-order valence-corrected chi connectivity index (χ0v) is 13.6. The molecule has 0 aliphatic heterocycles. The van der Waals surface area contributed by atoms with Crippen LogP contribution in [0, 0.1) is 27.1 Å². The minimum atomic E-state index is -0.174. The van der Waals surface area contributed by atoms with E-state index in [-0.39, 0.29) is 11.4 Å². The van der Waals surface area contributed by atoms with Gasteiger partial charge in [0, 0.05) is 11.6 Å². The molecule has 1 aromatic rings. The molecule has 4 aliphatic carbocycles. The lowest BCUT2D eigenvalue weighted by Gasteiger charge is -2.57. The van der Waals surface area contributed by atoms with Gasteiger partial charge in [0.25, 0.3) is 0 Å². The molecule has 0 saturated heterocycles. The van der Waals surface area contributed by atoms with Gasteiger partial charge in [0.1, 0.15) is 5.82 Å². The van der Waals surface area contributed by atoms with Crippen molar-refractivity contribution >= 4 is 34.0 Å². The molecule has 20 heavy (non-hydrogen) atoms. The Bertz CT molecular complexity index is 522. The Balaban J connectivity index is 1.64. The third-order valence-electron chi connectivity index (χ3n) is 5.53. The largest absolute Gasteiger partial charge is 0.397 e. The Labute approximate surface area is 132 Å². The molecule has 0 heterocycles. The van der Waals surface area contributed by atoms with Gasteiger partial charge in [-0.2, -0.15) is 0 Å². The predicted molar refractivity (Wildman–Crippen MR) is 88.1 cm³/mol. The minimum absolute atomic E-state index is 0.174. The number of halogens is 2. The fourth-order valence-electron chi connectivity index (χ4n) is 5.22. The Morgan fingerprint density at radius 3 is 2.20 bits per heavy atom. The maximum Gasteiger partial charge on any atom is 0.138 e. The van der Waals surface area contributed by atoms with Gasteiger partial charge >= 0.3 is 0 Å². The third kappa shape index (κ3) is 2.11. The SMILES string of the molecule is Nc1cc(I)c(F)cc1NC12CC3CC(CC(C3)C1)C2. The van der Waals surface area contributed by atoms with Gasteiger partial charge in [-0.25, -0.2) is 4.39 Å². The molecule has 0 amide bonds. The van der Waals surface area contributed by atoms with Gasteiger partial charge in [-0.3, -0.25) is 0 Å². The maximum atomic E-state index is 13.8. The van der Waals surface area contributed by atoms with Crippen LogP contribution in [0.2, 0.25) is 0 Å². The monoisotopic (exact) mass is 386 g/mol. The van der Waals surface area contributed by atoms with Gasteiger partial charge < -0.3 is 11.1 Å². The highest BCUT2D eigenvalue weighted by molar-refractivity contribution is 14.1. The summed E-state index contributed by atoms with van der Waals surface area (Å²) in [5.74, 6) is 2.46. The van der Waals surface area contributed by atoms with Crippen molar-refractivity contribution in [2.75, 3.05) is 11.1 Å². The maximum absolute atomic E-state index is 13.8. The van der Waals surface area contributed by atoms with Gasteiger partial charge in [-0.15, -0.1) is 0 Å². The Morgan fingerprint density at radius 2 is 1.65 bits per heavy atom. The first-order valence-corrected chi connectivity index (χ1v) is 8.63. The van der Waals surface area contributed by atoms with E-state index in [4.69, 9.17) is 5.73 Å². The molecular formula is C16H20FIN2. The van der Waals surface area contributed by atoms with Gasteiger partial charge in [0.2, 0.25) is 0 Å². The van der Waals surface area contributed by atoms with Crippen molar-refractivity contribution in [3.8, 4) is 0 Å². The summed E-state index contributed by atoms with van der Waals surface area (Å²) in [5.41, 5.74) is 7.74. The number of benzene rings is 1. The number of hydrogen-bond acceptors (Lipinski definition) is 2. The molecule has 0 unspecified atom stereocenters. The van der Waals surface area contributed by atoms with E-state index >= 15 is 0 Å². The molecule has 1 aromatic carbocycles. The Kier molecular flexibility index (Phi) is 2.95. The van der Waals surface area contributed by atoms with Crippen LogP contribution in [-0.4, -0.2) is 5.54 Å². The van der Waals surface area contributed by atoms with Crippen molar-refractivity contribution < 1.29 is 4.39 Å². The predicted octanol–water partition coefficient (Wildman–Crippen LogP) is 4.39. The van der Waals surface area contributed by atoms with E-state index in [1.54, 1.807) is 12.1 Å². The van der Waals surface area contributed by atoms with Crippen molar-refractivity contribution in [1.82, 2.24) is 0 Å². The number of nitrogens with one attached hydrogen (secondary N) is 1. The molecule has 3 N–H and O–H groups in total. The smallest absolute Gasteiger partial charge is 0.138 e. The van der Waals surface area contributed by atoms with Crippen LogP contribution < -0.4 is 11.1 Å². The molecular weight excluding hydrogens is 366 g/mol. The van der Waals surface area contributed by atoms with Crippen molar-refractivity contribution in [1.29, 1.82) is 0 Å². The lowest BCUT2D eigenvalue weighted by molar-refractivity contribution is 0.0107. The van der Waals surface area contributed by atoms with Gasteiger partial charge in [0.15, 0.2) is 0 Å². The zero-order valence-electron chi connectivity index (χ0n) is 11.5. The summed E-state index contributed by atoms with van der Waals surface area (Å²) in [6.45, 7) is 0. The summed E-state index contributed by atoms with van der Waals surface area (Å²) >= 11 is 1.99. The fraction of sp³-hybridized carbons (Fsp3) is 0.625. The summed E-state index contributed by atoms with van der Waals surface area (Å²) in [6, 6.07) is 3.31. The van der Waals surface area contributed by atoms with E-state index in [2.05, 4.69) is 5.32 Å². The molecule has 4 saturated carbocycles. The molecule has 5 rings (SSSR count). The minimum Gasteiger partial charge on any atom is -0.397 e. The molecule has 2 nitrogen and oxygen atoms in total. The van der Waals surface area contributed by atoms with E-state index in [9.17, 15) is 4.39 Å². The molecule has 4 aliphatic rings. The second-order valence-corrected chi connectivity index (χ2v) is 8.34. The highest BCUT2D eigenvalue weighted by Crippen LogP contribution is 2.56. The van der Waals surface area contributed by atoms with Crippen LogP contribution >= 0.6 is 22.6 Å². The van der Waals surface area contributed by atoms with E-state index in [0.717, 1.165) is 23.4 Å². The number of nitrogens with two attached hydrogens (primary N) is 1. The van der Waals surface area contributed by atoms with Crippen molar-refractivity contribution in [3.05, 3.63) is 21.5 Å². The van der Waals surface area contributed by atoms with Crippen LogP contribution in [0.15, 0.2) is 12.1 Å². The van der Waals surface area contributed by atoms with Crippen LogP contribution in [0.1, 0.15) is 38.5 Å². The summed E-state index contributed by atoms with van der Waals surface area (Å²) < 4.78 is 14.4. The van der Waals surface area contributed by atoms with E-state index in [0.29, 0.717) is 9.26 Å². The second-order valence-electron chi connectivity index (χ2n) is 7.18. The number of nitrogen functional groups attached to an aromatic ring is 1. The Morgan fingerprint density at radius 1 is 1.10 bits per heavy atom. The average molecular weight is 386 g/mol. The van der Waals surface area contributed by atoms with Crippen LogP contribution in [0.25, 0.3) is 0 Å².